The molecule has 0 atom stereocenters. The maximum atomic E-state index is 13.0. The van der Waals surface area contributed by atoms with Gasteiger partial charge in [0.1, 0.15) is 17.7 Å². The molecule has 142 valence electrons. The number of hydrogen-bond acceptors (Lipinski definition) is 3. The third-order valence-electron chi connectivity index (χ3n) is 5.52. The number of halogens is 1. The zero-order chi connectivity index (χ0) is 18.6. The number of carbonyl (C=O) groups is 1. The van der Waals surface area contributed by atoms with E-state index < -0.39 is 0 Å². The van der Waals surface area contributed by atoms with Crippen molar-refractivity contribution in [1.29, 1.82) is 0 Å². The molecular formula is C22H25FN2O2. The first-order valence-corrected chi connectivity index (χ1v) is 9.71. The summed E-state index contributed by atoms with van der Waals surface area (Å²) in [7, 11) is 0. The molecule has 0 bridgehead atoms. The van der Waals surface area contributed by atoms with Gasteiger partial charge in [-0.1, -0.05) is 18.2 Å². The number of piperidine rings is 1. The lowest BCUT2D eigenvalue weighted by Crippen LogP contribution is -2.45. The maximum absolute atomic E-state index is 13.0. The Kier molecular flexibility index (Phi) is 5.39. The van der Waals surface area contributed by atoms with Crippen LogP contribution in [0.2, 0.25) is 0 Å². The summed E-state index contributed by atoms with van der Waals surface area (Å²) in [5, 5.41) is 0. The second-order valence-electron chi connectivity index (χ2n) is 7.31. The Hall–Kier alpha value is -2.40. The third kappa shape index (κ3) is 4.30. The number of ether oxygens (including phenoxy) is 1. The molecule has 0 unspecified atom stereocenters. The minimum Gasteiger partial charge on any atom is -0.490 e. The molecule has 0 saturated carbocycles. The molecule has 2 aliphatic heterocycles. The van der Waals surface area contributed by atoms with Crippen LogP contribution < -0.4 is 4.74 Å². The molecule has 4 nitrogen and oxygen atoms in total. The lowest BCUT2D eigenvalue weighted by molar-refractivity contribution is 0.0667. The van der Waals surface area contributed by atoms with Crippen LogP contribution in [-0.2, 0) is 6.42 Å². The number of rotatable bonds is 5. The van der Waals surface area contributed by atoms with Gasteiger partial charge < -0.3 is 14.5 Å². The summed E-state index contributed by atoms with van der Waals surface area (Å²) < 4.78 is 18.9. The SMILES string of the molecule is O=C1c2ccccc2CCN1CCN1CCC(Oc2ccc(F)cc2)CC1. The van der Waals surface area contributed by atoms with Gasteiger partial charge in [-0.05, 0) is 55.2 Å². The van der Waals surface area contributed by atoms with Crippen molar-refractivity contribution in [3.63, 3.8) is 0 Å². The molecule has 1 saturated heterocycles. The van der Waals surface area contributed by atoms with Crippen LogP contribution in [0.3, 0.4) is 0 Å². The minimum absolute atomic E-state index is 0.159. The molecule has 27 heavy (non-hydrogen) atoms. The van der Waals surface area contributed by atoms with Gasteiger partial charge in [0.25, 0.3) is 5.91 Å². The standard InChI is InChI=1S/C22H25FN2O2/c23-18-5-7-19(8-6-18)27-20-10-12-24(13-11-20)15-16-25-14-9-17-3-1-2-4-21(17)22(25)26/h1-8,20H,9-16H2. The van der Waals surface area contributed by atoms with Crippen molar-refractivity contribution in [2.45, 2.75) is 25.4 Å². The first-order chi connectivity index (χ1) is 13.2. The van der Waals surface area contributed by atoms with Crippen LogP contribution in [0.1, 0.15) is 28.8 Å². The van der Waals surface area contributed by atoms with E-state index in [4.69, 9.17) is 4.74 Å². The van der Waals surface area contributed by atoms with Crippen molar-refractivity contribution < 1.29 is 13.9 Å². The van der Waals surface area contributed by atoms with E-state index in [1.54, 1.807) is 12.1 Å². The van der Waals surface area contributed by atoms with Gasteiger partial charge in [0, 0.05) is 38.3 Å². The van der Waals surface area contributed by atoms with Crippen LogP contribution >= 0.6 is 0 Å². The van der Waals surface area contributed by atoms with Crippen molar-refractivity contribution in [3.05, 3.63) is 65.5 Å². The Morgan fingerprint density at radius 3 is 2.48 bits per heavy atom. The number of hydrogen-bond donors (Lipinski definition) is 0. The van der Waals surface area contributed by atoms with Crippen LogP contribution in [-0.4, -0.2) is 54.5 Å². The van der Waals surface area contributed by atoms with Gasteiger partial charge in [-0.15, -0.1) is 0 Å². The summed E-state index contributed by atoms with van der Waals surface area (Å²) in [5.41, 5.74) is 2.02. The Balaban J connectivity index is 1.23. The normalized spacial score (nSPS) is 18.4. The van der Waals surface area contributed by atoms with E-state index in [1.807, 2.05) is 23.1 Å². The van der Waals surface area contributed by atoms with E-state index in [1.165, 1.54) is 12.1 Å². The van der Waals surface area contributed by atoms with Crippen molar-refractivity contribution in [2.75, 3.05) is 32.7 Å². The lowest BCUT2D eigenvalue weighted by Gasteiger charge is -2.35. The molecule has 1 fully saturated rings. The van der Waals surface area contributed by atoms with Gasteiger partial charge in [-0.25, -0.2) is 4.39 Å². The molecule has 2 heterocycles. The first-order valence-electron chi connectivity index (χ1n) is 9.71. The first kappa shape index (κ1) is 18.0. The Morgan fingerprint density at radius 1 is 0.963 bits per heavy atom. The maximum Gasteiger partial charge on any atom is 0.254 e. The van der Waals surface area contributed by atoms with Crippen molar-refractivity contribution >= 4 is 5.91 Å². The van der Waals surface area contributed by atoms with Crippen molar-refractivity contribution in [1.82, 2.24) is 9.80 Å². The van der Waals surface area contributed by atoms with Crippen LogP contribution in [0.4, 0.5) is 4.39 Å². The van der Waals surface area contributed by atoms with E-state index in [0.717, 1.165) is 68.9 Å². The molecule has 0 spiro atoms. The summed E-state index contributed by atoms with van der Waals surface area (Å²) in [6.45, 7) is 4.41. The predicted molar refractivity (Wildman–Crippen MR) is 103 cm³/mol. The molecule has 2 aromatic carbocycles. The highest BCUT2D eigenvalue weighted by Crippen LogP contribution is 2.21. The zero-order valence-electron chi connectivity index (χ0n) is 15.4. The number of benzene rings is 2. The topological polar surface area (TPSA) is 32.8 Å². The quantitative estimate of drug-likeness (QED) is 0.811. The van der Waals surface area contributed by atoms with Gasteiger partial charge >= 0.3 is 0 Å². The van der Waals surface area contributed by atoms with E-state index in [0.29, 0.717) is 0 Å². The van der Waals surface area contributed by atoms with Crippen LogP contribution in [0.5, 0.6) is 5.75 Å². The van der Waals surface area contributed by atoms with E-state index >= 15 is 0 Å². The molecule has 0 N–H and O–H groups in total. The highest BCUT2D eigenvalue weighted by Gasteiger charge is 2.25. The van der Waals surface area contributed by atoms with E-state index in [9.17, 15) is 9.18 Å². The van der Waals surface area contributed by atoms with Gasteiger partial charge in [0.15, 0.2) is 0 Å². The number of amides is 1. The van der Waals surface area contributed by atoms with Crippen LogP contribution in [0.15, 0.2) is 48.5 Å². The third-order valence-corrected chi connectivity index (χ3v) is 5.52. The van der Waals surface area contributed by atoms with E-state index in [2.05, 4.69) is 11.0 Å². The number of fused-ring (bicyclic) bond motifs is 1. The van der Waals surface area contributed by atoms with E-state index in [-0.39, 0.29) is 17.8 Å². The van der Waals surface area contributed by atoms with Gasteiger partial charge in [0.05, 0.1) is 0 Å². The Morgan fingerprint density at radius 2 is 1.70 bits per heavy atom. The highest BCUT2D eigenvalue weighted by atomic mass is 19.1. The summed E-state index contributed by atoms with van der Waals surface area (Å²) in [5.74, 6) is 0.644. The molecule has 4 rings (SSSR count). The minimum atomic E-state index is -0.243. The molecule has 0 aromatic heterocycles. The summed E-state index contributed by atoms with van der Waals surface area (Å²) in [6, 6.07) is 14.1. The second kappa shape index (κ2) is 8.09. The molecular weight excluding hydrogens is 343 g/mol. The second-order valence-corrected chi connectivity index (χ2v) is 7.31. The zero-order valence-corrected chi connectivity index (χ0v) is 15.4. The number of carbonyl (C=O) groups excluding carboxylic acids is 1. The highest BCUT2D eigenvalue weighted by molar-refractivity contribution is 5.96. The summed E-state index contributed by atoms with van der Waals surface area (Å²) in [6.07, 6.45) is 3.02. The average Bonchev–Trinajstić information content (AvgIpc) is 2.71. The number of nitrogens with zero attached hydrogens (tertiary/aromatic N) is 2. The monoisotopic (exact) mass is 368 g/mol. The molecule has 0 radical (unpaired) electrons. The molecule has 2 aliphatic rings. The fourth-order valence-corrected chi connectivity index (χ4v) is 3.91. The molecule has 5 heteroatoms. The fourth-order valence-electron chi connectivity index (χ4n) is 3.91. The Bertz CT molecular complexity index is 785. The summed E-state index contributed by atoms with van der Waals surface area (Å²) in [4.78, 5) is 17.0. The van der Waals surface area contributed by atoms with Gasteiger partial charge in [-0.2, -0.15) is 0 Å². The molecule has 2 aromatic rings. The predicted octanol–water partition coefficient (Wildman–Crippen LogP) is 3.37. The largest absolute Gasteiger partial charge is 0.490 e. The molecule has 0 aliphatic carbocycles. The van der Waals surface area contributed by atoms with Crippen LogP contribution in [0.25, 0.3) is 0 Å². The summed E-state index contributed by atoms with van der Waals surface area (Å²) >= 11 is 0. The molecule has 1 amide bonds. The van der Waals surface area contributed by atoms with Crippen LogP contribution in [0, 0.1) is 5.82 Å². The Labute approximate surface area is 159 Å². The van der Waals surface area contributed by atoms with Gasteiger partial charge in [-0.3, -0.25) is 4.79 Å². The number of likely N-dealkylation sites (tertiary alicyclic amines) is 1. The van der Waals surface area contributed by atoms with Crippen molar-refractivity contribution in [3.8, 4) is 5.75 Å². The fraction of sp³-hybridized carbons (Fsp3) is 0.409. The smallest absolute Gasteiger partial charge is 0.254 e. The lowest BCUT2D eigenvalue weighted by atomic mass is 9.99. The van der Waals surface area contributed by atoms with Crippen molar-refractivity contribution in [2.24, 2.45) is 0 Å². The van der Waals surface area contributed by atoms with Gasteiger partial charge in [0.2, 0.25) is 0 Å². The average molecular weight is 368 g/mol.